The first-order valence-corrected chi connectivity index (χ1v) is 7.29. The third kappa shape index (κ3) is 4.13. The summed E-state index contributed by atoms with van der Waals surface area (Å²) in [5, 5.41) is 3.42. The third-order valence-electron chi connectivity index (χ3n) is 4.07. The standard InChI is InChI=1S/C14H26N2O.ClH/c1-3-16(13-7-5-4-6-8-13)14(17)11(2)15-12-9-10-12;/h11-13,15H,3-10H2,1-2H3;1H. The number of hydrogen-bond donors (Lipinski definition) is 1. The highest BCUT2D eigenvalue weighted by molar-refractivity contribution is 5.85. The molecule has 0 spiro atoms. The van der Waals surface area contributed by atoms with Crippen LogP contribution in [0.1, 0.15) is 58.8 Å². The number of carbonyl (C=O) groups excluding carboxylic acids is 1. The molecule has 1 atom stereocenters. The maximum Gasteiger partial charge on any atom is 0.239 e. The van der Waals surface area contributed by atoms with Gasteiger partial charge in [-0.15, -0.1) is 12.4 Å². The fourth-order valence-corrected chi connectivity index (χ4v) is 2.91. The molecule has 0 bridgehead atoms. The summed E-state index contributed by atoms with van der Waals surface area (Å²) >= 11 is 0. The van der Waals surface area contributed by atoms with Crippen molar-refractivity contribution < 1.29 is 4.79 Å². The van der Waals surface area contributed by atoms with Gasteiger partial charge in [0.05, 0.1) is 6.04 Å². The first-order valence-electron chi connectivity index (χ1n) is 7.29. The molecule has 0 aromatic carbocycles. The van der Waals surface area contributed by atoms with Crippen molar-refractivity contribution in [2.24, 2.45) is 0 Å². The normalized spacial score (nSPS) is 22.1. The first kappa shape index (κ1) is 15.8. The molecule has 106 valence electrons. The van der Waals surface area contributed by atoms with Gasteiger partial charge in [0.2, 0.25) is 5.91 Å². The summed E-state index contributed by atoms with van der Waals surface area (Å²) in [4.78, 5) is 14.5. The van der Waals surface area contributed by atoms with Crippen molar-refractivity contribution in [3.63, 3.8) is 0 Å². The Bertz CT molecular complexity index is 263. The van der Waals surface area contributed by atoms with Gasteiger partial charge < -0.3 is 10.2 Å². The second-order valence-corrected chi connectivity index (χ2v) is 5.58. The SMILES string of the molecule is CCN(C(=O)C(C)NC1CC1)C1CCCCC1.Cl. The van der Waals surface area contributed by atoms with Crippen molar-refractivity contribution in [1.82, 2.24) is 10.2 Å². The lowest BCUT2D eigenvalue weighted by molar-refractivity contribution is -0.135. The van der Waals surface area contributed by atoms with Crippen LogP contribution in [0.5, 0.6) is 0 Å². The molecule has 3 nitrogen and oxygen atoms in total. The number of hydrogen-bond acceptors (Lipinski definition) is 2. The van der Waals surface area contributed by atoms with Gasteiger partial charge in [-0.3, -0.25) is 4.79 Å². The molecule has 2 saturated carbocycles. The van der Waals surface area contributed by atoms with Crippen molar-refractivity contribution in [1.29, 1.82) is 0 Å². The summed E-state index contributed by atoms with van der Waals surface area (Å²) in [6, 6.07) is 1.12. The quantitative estimate of drug-likeness (QED) is 0.836. The van der Waals surface area contributed by atoms with Crippen LogP contribution in [0.3, 0.4) is 0 Å². The van der Waals surface area contributed by atoms with E-state index in [1.165, 1.54) is 44.9 Å². The molecule has 0 aromatic rings. The van der Waals surface area contributed by atoms with Gasteiger partial charge in [0, 0.05) is 18.6 Å². The number of rotatable bonds is 5. The monoisotopic (exact) mass is 274 g/mol. The highest BCUT2D eigenvalue weighted by Crippen LogP contribution is 2.24. The van der Waals surface area contributed by atoms with Crippen LogP contribution in [0.4, 0.5) is 0 Å². The molecule has 1 N–H and O–H groups in total. The van der Waals surface area contributed by atoms with Crippen LogP contribution in [0.25, 0.3) is 0 Å². The van der Waals surface area contributed by atoms with Crippen LogP contribution in [-0.2, 0) is 4.79 Å². The van der Waals surface area contributed by atoms with Crippen LogP contribution in [0.2, 0.25) is 0 Å². The average Bonchev–Trinajstić information content (AvgIpc) is 3.15. The van der Waals surface area contributed by atoms with Crippen LogP contribution in [-0.4, -0.2) is 35.5 Å². The molecule has 0 heterocycles. The van der Waals surface area contributed by atoms with Gasteiger partial charge in [-0.2, -0.15) is 0 Å². The van der Waals surface area contributed by atoms with Gasteiger partial charge in [0.25, 0.3) is 0 Å². The van der Waals surface area contributed by atoms with Gasteiger partial charge in [0.1, 0.15) is 0 Å². The van der Waals surface area contributed by atoms with E-state index in [1.807, 2.05) is 6.92 Å². The van der Waals surface area contributed by atoms with Crippen molar-refractivity contribution in [3.8, 4) is 0 Å². The second-order valence-electron chi connectivity index (χ2n) is 5.58. The Labute approximate surface area is 117 Å². The molecular weight excluding hydrogens is 248 g/mol. The minimum absolute atomic E-state index is 0. The number of nitrogens with zero attached hydrogens (tertiary/aromatic N) is 1. The number of halogens is 1. The average molecular weight is 275 g/mol. The molecule has 2 aliphatic carbocycles. The van der Waals surface area contributed by atoms with E-state index in [4.69, 9.17) is 0 Å². The molecular formula is C14H27ClN2O. The molecule has 0 aliphatic heterocycles. The minimum atomic E-state index is 0. The minimum Gasteiger partial charge on any atom is -0.339 e. The van der Waals surface area contributed by atoms with Crippen molar-refractivity contribution in [2.45, 2.75) is 76.9 Å². The predicted octanol–water partition coefficient (Wildman–Crippen LogP) is 2.73. The molecule has 0 radical (unpaired) electrons. The lowest BCUT2D eigenvalue weighted by Crippen LogP contribution is -2.50. The van der Waals surface area contributed by atoms with Crippen LogP contribution in [0, 0.1) is 0 Å². The summed E-state index contributed by atoms with van der Waals surface area (Å²) < 4.78 is 0. The molecule has 18 heavy (non-hydrogen) atoms. The Kier molecular flexibility index (Phi) is 6.44. The molecule has 1 amide bonds. The fourth-order valence-electron chi connectivity index (χ4n) is 2.91. The van der Waals surface area contributed by atoms with E-state index >= 15 is 0 Å². The van der Waals surface area contributed by atoms with Crippen LogP contribution in [0.15, 0.2) is 0 Å². The highest BCUT2D eigenvalue weighted by atomic mass is 35.5. The van der Waals surface area contributed by atoms with E-state index in [0.29, 0.717) is 18.0 Å². The van der Waals surface area contributed by atoms with E-state index < -0.39 is 0 Å². The van der Waals surface area contributed by atoms with E-state index in [0.717, 1.165) is 6.54 Å². The van der Waals surface area contributed by atoms with Gasteiger partial charge >= 0.3 is 0 Å². The Morgan fingerprint density at radius 2 is 1.83 bits per heavy atom. The van der Waals surface area contributed by atoms with Crippen molar-refractivity contribution in [2.75, 3.05) is 6.54 Å². The fraction of sp³-hybridized carbons (Fsp3) is 0.929. The molecule has 2 rings (SSSR count). The Morgan fingerprint density at radius 3 is 2.33 bits per heavy atom. The summed E-state index contributed by atoms with van der Waals surface area (Å²) in [6.07, 6.45) is 8.82. The smallest absolute Gasteiger partial charge is 0.239 e. The Hall–Kier alpha value is -0.280. The largest absolute Gasteiger partial charge is 0.339 e. The Balaban J connectivity index is 0.00000162. The summed E-state index contributed by atoms with van der Waals surface area (Å²) in [6.45, 7) is 4.99. The van der Waals surface area contributed by atoms with Gasteiger partial charge in [-0.1, -0.05) is 19.3 Å². The van der Waals surface area contributed by atoms with E-state index in [9.17, 15) is 4.79 Å². The molecule has 2 fully saturated rings. The molecule has 2 aliphatic rings. The molecule has 1 unspecified atom stereocenters. The first-order chi connectivity index (χ1) is 8.22. The van der Waals surface area contributed by atoms with Gasteiger partial charge in [-0.05, 0) is 39.5 Å². The zero-order valence-electron chi connectivity index (χ0n) is 11.7. The summed E-state index contributed by atoms with van der Waals surface area (Å²) in [5.41, 5.74) is 0. The zero-order valence-corrected chi connectivity index (χ0v) is 12.5. The van der Waals surface area contributed by atoms with E-state index in [2.05, 4.69) is 17.1 Å². The molecule has 0 aromatic heterocycles. The maximum atomic E-state index is 12.4. The zero-order chi connectivity index (χ0) is 12.3. The van der Waals surface area contributed by atoms with Crippen molar-refractivity contribution >= 4 is 18.3 Å². The molecule has 4 heteroatoms. The van der Waals surface area contributed by atoms with Gasteiger partial charge in [0.15, 0.2) is 0 Å². The highest BCUT2D eigenvalue weighted by Gasteiger charge is 2.30. The van der Waals surface area contributed by atoms with Gasteiger partial charge in [-0.25, -0.2) is 0 Å². The summed E-state index contributed by atoms with van der Waals surface area (Å²) in [5.74, 6) is 0.311. The number of nitrogens with one attached hydrogen (secondary N) is 1. The van der Waals surface area contributed by atoms with Crippen LogP contribution < -0.4 is 5.32 Å². The van der Waals surface area contributed by atoms with E-state index in [-0.39, 0.29) is 18.4 Å². The Morgan fingerprint density at radius 1 is 1.22 bits per heavy atom. The lowest BCUT2D eigenvalue weighted by Gasteiger charge is -2.35. The van der Waals surface area contributed by atoms with E-state index in [1.54, 1.807) is 0 Å². The van der Waals surface area contributed by atoms with Crippen LogP contribution >= 0.6 is 12.4 Å². The lowest BCUT2D eigenvalue weighted by atomic mass is 9.94. The summed E-state index contributed by atoms with van der Waals surface area (Å²) in [7, 11) is 0. The maximum absolute atomic E-state index is 12.4. The number of likely N-dealkylation sites (N-methyl/N-ethyl adjacent to an activating group) is 1. The number of carbonyl (C=O) groups is 1. The molecule has 0 saturated heterocycles. The number of amides is 1. The topological polar surface area (TPSA) is 32.3 Å². The van der Waals surface area contributed by atoms with Crippen molar-refractivity contribution in [3.05, 3.63) is 0 Å². The second kappa shape index (κ2) is 7.34. The third-order valence-corrected chi connectivity index (χ3v) is 4.07. The predicted molar refractivity (Wildman–Crippen MR) is 77.1 cm³/mol.